The molecule has 9 heteroatoms. The third kappa shape index (κ3) is 5.13. The lowest BCUT2D eigenvalue weighted by molar-refractivity contribution is -0.137. The van der Waals surface area contributed by atoms with Crippen LogP contribution in [-0.4, -0.2) is 46.8 Å². The van der Waals surface area contributed by atoms with Gasteiger partial charge in [-0.1, -0.05) is 37.3 Å². The number of sulfonamides is 1. The SMILES string of the molecule is CC[C@@H]1CN(Cc2cc(C(CC(=O)O)c3cc4c(n3C)CCCC4=O)ccc2C)S(=O)(=O)c2ccccc2O1. The highest BCUT2D eigenvalue weighted by molar-refractivity contribution is 7.89. The van der Waals surface area contributed by atoms with E-state index >= 15 is 0 Å². The Hall–Kier alpha value is -3.43. The molecule has 2 aromatic carbocycles. The van der Waals surface area contributed by atoms with Crippen LogP contribution >= 0.6 is 0 Å². The smallest absolute Gasteiger partial charge is 0.304 e. The predicted molar refractivity (Wildman–Crippen MR) is 147 cm³/mol. The molecule has 0 bridgehead atoms. The van der Waals surface area contributed by atoms with Gasteiger partial charge in [-0.15, -0.1) is 0 Å². The fourth-order valence-corrected chi connectivity index (χ4v) is 7.30. The van der Waals surface area contributed by atoms with E-state index in [0.717, 1.165) is 40.9 Å². The van der Waals surface area contributed by atoms with Crippen molar-refractivity contribution in [1.82, 2.24) is 8.87 Å². The Bertz CT molecular complexity index is 1540. The second kappa shape index (κ2) is 10.6. The van der Waals surface area contributed by atoms with Crippen LogP contribution in [0, 0.1) is 6.92 Å². The number of carboxylic acids is 1. The Labute approximate surface area is 229 Å². The Morgan fingerprint density at radius 3 is 2.64 bits per heavy atom. The van der Waals surface area contributed by atoms with E-state index in [9.17, 15) is 23.1 Å². The lowest BCUT2D eigenvalue weighted by Crippen LogP contribution is -2.36. The molecule has 0 radical (unpaired) electrons. The Morgan fingerprint density at radius 1 is 1.15 bits per heavy atom. The van der Waals surface area contributed by atoms with Crippen LogP contribution in [0.15, 0.2) is 53.4 Å². The number of nitrogens with zero attached hydrogens (tertiary/aromatic N) is 2. The summed E-state index contributed by atoms with van der Waals surface area (Å²) in [5.41, 5.74) is 4.90. The summed E-state index contributed by atoms with van der Waals surface area (Å²) in [6, 6.07) is 14.3. The van der Waals surface area contributed by atoms with Gasteiger partial charge < -0.3 is 14.4 Å². The number of Topliss-reactive ketones (excluding diaryl/α,β-unsaturated/α-hetero) is 1. The number of hydrogen-bond donors (Lipinski definition) is 1. The third-order valence-corrected chi connectivity index (χ3v) is 9.85. The van der Waals surface area contributed by atoms with Gasteiger partial charge in [-0.25, -0.2) is 8.42 Å². The zero-order valence-electron chi connectivity index (χ0n) is 22.5. The van der Waals surface area contributed by atoms with Crippen molar-refractivity contribution in [3.05, 3.63) is 82.2 Å². The van der Waals surface area contributed by atoms with Crippen LogP contribution < -0.4 is 4.74 Å². The number of hydrogen-bond acceptors (Lipinski definition) is 5. The van der Waals surface area contributed by atoms with Gasteiger partial charge in [0.1, 0.15) is 16.7 Å². The second-order valence-electron chi connectivity index (χ2n) is 10.5. The van der Waals surface area contributed by atoms with Crippen molar-refractivity contribution in [3.63, 3.8) is 0 Å². The molecule has 0 amide bonds. The molecule has 5 rings (SSSR count). The molecule has 2 atom stereocenters. The minimum Gasteiger partial charge on any atom is -0.488 e. The normalized spacial score (nSPS) is 19.5. The quantitative estimate of drug-likeness (QED) is 0.452. The van der Waals surface area contributed by atoms with E-state index in [4.69, 9.17) is 4.74 Å². The lowest BCUT2D eigenvalue weighted by Gasteiger charge is -2.24. The average Bonchev–Trinajstić information content (AvgIpc) is 3.19. The molecule has 1 unspecified atom stereocenters. The fraction of sp³-hybridized carbons (Fsp3) is 0.400. The number of aryl methyl sites for hydroxylation is 1. The lowest BCUT2D eigenvalue weighted by atomic mass is 9.89. The average molecular weight is 551 g/mol. The van der Waals surface area contributed by atoms with E-state index < -0.39 is 21.9 Å². The largest absolute Gasteiger partial charge is 0.488 e. The van der Waals surface area contributed by atoms with E-state index in [1.165, 1.54) is 4.31 Å². The molecule has 2 heterocycles. The van der Waals surface area contributed by atoms with Gasteiger partial charge in [0.05, 0.1) is 13.0 Å². The Balaban J connectivity index is 1.54. The Kier molecular flexibility index (Phi) is 7.39. The van der Waals surface area contributed by atoms with Crippen molar-refractivity contribution >= 4 is 21.8 Å². The molecule has 2 aliphatic rings. The van der Waals surface area contributed by atoms with Crippen molar-refractivity contribution in [2.24, 2.45) is 7.05 Å². The first-order valence-electron chi connectivity index (χ1n) is 13.4. The molecule has 3 aromatic rings. The summed E-state index contributed by atoms with van der Waals surface area (Å²) >= 11 is 0. The second-order valence-corrected chi connectivity index (χ2v) is 12.4. The molecule has 1 aliphatic carbocycles. The van der Waals surface area contributed by atoms with Crippen molar-refractivity contribution < 1.29 is 27.9 Å². The van der Waals surface area contributed by atoms with E-state index in [2.05, 4.69) is 0 Å². The van der Waals surface area contributed by atoms with E-state index in [1.807, 2.05) is 49.7 Å². The summed E-state index contributed by atoms with van der Waals surface area (Å²) in [6.07, 6.45) is 2.29. The molecule has 0 spiro atoms. The fourth-order valence-electron chi connectivity index (χ4n) is 5.73. The number of aliphatic carboxylic acids is 1. The molecular formula is C30H34N2O6S. The summed E-state index contributed by atoms with van der Waals surface area (Å²) in [7, 11) is -1.93. The standard InChI is InChI=1S/C30H34N2O6S/c1-4-22-18-32(39(36,37)29-11-6-5-10-28(29)38-22)17-21-14-20(13-12-19(21)2)23(16-30(34)35)26-15-24-25(31(26)3)8-7-9-27(24)33/h5-6,10-15,22-23H,4,7-9,16-18H2,1-3H3,(H,34,35)/t22-,23?/m1/s1. The van der Waals surface area contributed by atoms with Crippen LogP contribution in [0.5, 0.6) is 5.75 Å². The van der Waals surface area contributed by atoms with Crippen LogP contribution in [0.1, 0.15) is 77.0 Å². The number of carbonyl (C=O) groups is 2. The molecule has 39 heavy (non-hydrogen) atoms. The number of aromatic nitrogens is 1. The number of carboxylic acid groups (broad SMARTS) is 1. The molecular weight excluding hydrogens is 516 g/mol. The van der Waals surface area contributed by atoms with Gasteiger partial charge in [-0.2, -0.15) is 4.31 Å². The van der Waals surface area contributed by atoms with Crippen molar-refractivity contribution in [2.75, 3.05) is 6.54 Å². The number of carbonyl (C=O) groups excluding carboxylic acids is 1. The molecule has 1 N–H and O–H groups in total. The van der Waals surface area contributed by atoms with Crippen molar-refractivity contribution in [2.45, 2.75) is 69.4 Å². The Morgan fingerprint density at radius 2 is 1.92 bits per heavy atom. The zero-order valence-corrected chi connectivity index (χ0v) is 23.3. The number of benzene rings is 2. The van der Waals surface area contributed by atoms with Gasteiger partial charge in [-0.3, -0.25) is 9.59 Å². The summed E-state index contributed by atoms with van der Waals surface area (Å²) in [5, 5.41) is 9.81. The maximum atomic E-state index is 13.7. The predicted octanol–water partition coefficient (Wildman–Crippen LogP) is 4.82. The molecule has 0 saturated carbocycles. The monoisotopic (exact) mass is 550 g/mol. The van der Waals surface area contributed by atoms with Gasteiger partial charge in [0, 0.05) is 42.9 Å². The third-order valence-electron chi connectivity index (χ3n) is 7.99. The molecule has 1 aromatic heterocycles. The highest BCUT2D eigenvalue weighted by Gasteiger charge is 2.35. The van der Waals surface area contributed by atoms with Gasteiger partial charge in [0.15, 0.2) is 5.78 Å². The molecule has 0 fully saturated rings. The van der Waals surface area contributed by atoms with Gasteiger partial charge in [0.25, 0.3) is 0 Å². The first-order chi connectivity index (χ1) is 18.6. The van der Waals surface area contributed by atoms with Crippen LogP contribution in [0.3, 0.4) is 0 Å². The molecule has 1 aliphatic heterocycles. The zero-order chi connectivity index (χ0) is 27.9. The summed E-state index contributed by atoms with van der Waals surface area (Å²) in [6.45, 7) is 4.24. The van der Waals surface area contributed by atoms with Gasteiger partial charge in [0.2, 0.25) is 10.0 Å². The first-order valence-corrected chi connectivity index (χ1v) is 14.8. The van der Waals surface area contributed by atoms with E-state index in [0.29, 0.717) is 24.2 Å². The minimum atomic E-state index is -3.82. The van der Waals surface area contributed by atoms with Crippen LogP contribution in [0.25, 0.3) is 0 Å². The van der Waals surface area contributed by atoms with Crippen molar-refractivity contribution in [3.8, 4) is 5.75 Å². The van der Waals surface area contributed by atoms with Gasteiger partial charge >= 0.3 is 5.97 Å². The number of rotatable bonds is 7. The van der Waals surface area contributed by atoms with E-state index in [-0.39, 0.29) is 36.3 Å². The molecule has 0 saturated heterocycles. The summed E-state index contributed by atoms with van der Waals surface area (Å²) in [4.78, 5) is 24.7. The maximum absolute atomic E-state index is 13.7. The highest BCUT2D eigenvalue weighted by atomic mass is 32.2. The summed E-state index contributed by atoms with van der Waals surface area (Å²) in [5.74, 6) is -0.974. The number of ether oxygens (including phenoxy) is 1. The van der Waals surface area contributed by atoms with Crippen LogP contribution in [0.4, 0.5) is 0 Å². The summed E-state index contributed by atoms with van der Waals surface area (Å²) < 4.78 is 36.9. The first kappa shape index (κ1) is 27.1. The number of para-hydroxylation sites is 1. The van der Waals surface area contributed by atoms with Crippen molar-refractivity contribution in [1.29, 1.82) is 0 Å². The topological polar surface area (TPSA) is 106 Å². The minimum absolute atomic E-state index is 0.0936. The maximum Gasteiger partial charge on any atom is 0.304 e. The van der Waals surface area contributed by atoms with E-state index in [1.54, 1.807) is 24.3 Å². The molecule has 8 nitrogen and oxygen atoms in total. The number of fused-ring (bicyclic) bond motifs is 2. The number of ketones is 1. The van der Waals surface area contributed by atoms with Crippen LogP contribution in [0.2, 0.25) is 0 Å². The van der Waals surface area contributed by atoms with Gasteiger partial charge in [-0.05, 0) is 61.1 Å². The molecule has 206 valence electrons. The van der Waals surface area contributed by atoms with Crippen LogP contribution in [-0.2, 0) is 34.8 Å². The highest BCUT2D eigenvalue weighted by Crippen LogP contribution is 2.36.